The Morgan fingerprint density at radius 2 is 1.80 bits per heavy atom. The molecule has 1 saturated heterocycles. The molecule has 0 aromatic heterocycles. The van der Waals surface area contributed by atoms with Crippen molar-refractivity contribution in [1.82, 2.24) is 10.2 Å². The molecule has 0 bridgehead atoms. The van der Waals surface area contributed by atoms with Gasteiger partial charge in [0.2, 0.25) is 0 Å². The second-order valence-electron chi connectivity index (χ2n) is 4.44. The van der Waals surface area contributed by atoms with Crippen molar-refractivity contribution >= 4 is 0 Å². The lowest BCUT2D eigenvalue weighted by molar-refractivity contribution is 0.226. The van der Waals surface area contributed by atoms with E-state index in [2.05, 4.69) is 16.8 Å². The maximum absolute atomic E-state index is 3.72. The Bertz CT molecular complexity index is 151. The number of allylic oxidation sites excluding steroid dienone is 1. The Balaban J connectivity index is 1.81. The molecule has 1 aliphatic heterocycles. The van der Waals surface area contributed by atoms with Crippen molar-refractivity contribution in [1.29, 1.82) is 0 Å². The van der Waals surface area contributed by atoms with Gasteiger partial charge in [-0.2, -0.15) is 0 Å². The predicted octanol–water partition coefficient (Wildman–Crippen LogP) is 2.42. The number of rotatable bonds is 8. The summed E-state index contributed by atoms with van der Waals surface area (Å²) in [6, 6.07) is 0. The number of unbranched alkanes of at least 4 members (excludes halogenated alkanes) is 1. The smallest absolute Gasteiger partial charge is 0.000664 e. The molecule has 0 aromatic rings. The zero-order chi connectivity index (χ0) is 10.8. The molecule has 0 amide bonds. The first-order chi connectivity index (χ1) is 7.43. The molecule has 0 aromatic carbocycles. The first-order valence-corrected chi connectivity index (χ1v) is 6.47. The molecule has 0 spiro atoms. The second-order valence-corrected chi connectivity index (χ2v) is 4.44. The summed E-state index contributed by atoms with van der Waals surface area (Å²) in [4.78, 5) is 2.61. The second kappa shape index (κ2) is 8.93. The van der Waals surface area contributed by atoms with Crippen molar-refractivity contribution in [2.45, 2.75) is 38.5 Å². The molecule has 2 heteroatoms. The van der Waals surface area contributed by atoms with Crippen molar-refractivity contribution in [3.63, 3.8) is 0 Å². The van der Waals surface area contributed by atoms with Crippen LogP contribution in [0, 0.1) is 0 Å². The lowest BCUT2D eigenvalue weighted by Gasteiger charge is -2.26. The van der Waals surface area contributed by atoms with E-state index in [0.29, 0.717) is 0 Å². The molecule has 0 unspecified atom stereocenters. The number of hydrogen-bond acceptors (Lipinski definition) is 2. The van der Waals surface area contributed by atoms with Crippen molar-refractivity contribution in [2.24, 2.45) is 0 Å². The minimum Gasteiger partial charge on any atom is -0.317 e. The van der Waals surface area contributed by atoms with Gasteiger partial charge in [0, 0.05) is 0 Å². The monoisotopic (exact) mass is 210 g/mol. The SMILES string of the molecule is C=CCCCNCCCN1CCCCC1. The molecule has 2 nitrogen and oxygen atoms in total. The van der Waals surface area contributed by atoms with Crippen LogP contribution in [0.25, 0.3) is 0 Å². The Morgan fingerprint density at radius 1 is 1.07 bits per heavy atom. The highest BCUT2D eigenvalue weighted by molar-refractivity contribution is 4.67. The van der Waals surface area contributed by atoms with E-state index in [0.717, 1.165) is 13.0 Å². The Labute approximate surface area is 94.7 Å². The van der Waals surface area contributed by atoms with Crippen LogP contribution < -0.4 is 5.32 Å². The first-order valence-electron chi connectivity index (χ1n) is 6.47. The summed E-state index contributed by atoms with van der Waals surface area (Å²) < 4.78 is 0. The fourth-order valence-corrected chi connectivity index (χ4v) is 2.11. The molecule has 1 fully saturated rings. The maximum atomic E-state index is 3.72. The third-order valence-electron chi connectivity index (χ3n) is 3.04. The van der Waals surface area contributed by atoms with Gasteiger partial charge in [-0.25, -0.2) is 0 Å². The molecular weight excluding hydrogens is 184 g/mol. The topological polar surface area (TPSA) is 15.3 Å². The summed E-state index contributed by atoms with van der Waals surface area (Å²) in [6.07, 6.45) is 9.92. The number of hydrogen-bond donors (Lipinski definition) is 1. The van der Waals surface area contributed by atoms with Crippen LogP contribution in [0.2, 0.25) is 0 Å². The van der Waals surface area contributed by atoms with Crippen molar-refractivity contribution in [3.05, 3.63) is 12.7 Å². The normalized spacial score (nSPS) is 17.9. The van der Waals surface area contributed by atoms with Crippen molar-refractivity contribution in [3.8, 4) is 0 Å². The summed E-state index contributed by atoms with van der Waals surface area (Å²) in [6.45, 7) is 9.99. The zero-order valence-corrected chi connectivity index (χ0v) is 10.0. The highest BCUT2D eigenvalue weighted by Gasteiger charge is 2.08. The Morgan fingerprint density at radius 3 is 2.53 bits per heavy atom. The molecule has 0 atom stereocenters. The largest absolute Gasteiger partial charge is 0.317 e. The van der Waals surface area contributed by atoms with Crippen LogP contribution in [0.3, 0.4) is 0 Å². The van der Waals surface area contributed by atoms with Crippen LogP contribution in [0.15, 0.2) is 12.7 Å². The van der Waals surface area contributed by atoms with Crippen LogP contribution in [-0.4, -0.2) is 37.6 Å². The van der Waals surface area contributed by atoms with Crippen LogP contribution in [0.5, 0.6) is 0 Å². The number of likely N-dealkylation sites (tertiary alicyclic amines) is 1. The molecule has 0 radical (unpaired) electrons. The average Bonchev–Trinajstić information content (AvgIpc) is 2.29. The standard InChI is InChI=1S/C13H26N2/c1-2-3-5-9-14-10-8-13-15-11-6-4-7-12-15/h2,14H,1,3-13H2. The van der Waals surface area contributed by atoms with Gasteiger partial charge in [0.25, 0.3) is 0 Å². The van der Waals surface area contributed by atoms with Gasteiger partial charge in [-0.1, -0.05) is 12.5 Å². The minimum absolute atomic E-state index is 1.14. The third-order valence-corrected chi connectivity index (χ3v) is 3.04. The zero-order valence-electron chi connectivity index (χ0n) is 10.0. The van der Waals surface area contributed by atoms with E-state index in [1.54, 1.807) is 0 Å². The quantitative estimate of drug-likeness (QED) is 0.489. The van der Waals surface area contributed by atoms with Gasteiger partial charge in [0.15, 0.2) is 0 Å². The van der Waals surface area contributed by atoms with Gasteiger partial charge < -0.3 is 10.2 Å². The van der Waals surface area contributed by atoms with Gasteiger partial charge >= 0.3 is 0 Å². The summed E-state index contributed by atoms with van der Waals surface area (Å²) in [5.41, 5.74) is 0. The van der Waals surface area contributed by atoms with E-state index in [4.69, 9.17) is 0 Å². The summed E-state index contributed by atoms with van der Waals surface area (Å²) in [5.74, 6) is 0. The van der Waals surface area contributed by atoms with Gasteiger partial charge in [0.05, 0.1) is 0 Å². The fraction of sp³-hybridized carbons (Fsp3) is 0.846. The highest BCUT2D eigenvalue weighted by atomic mass is 15.1. The fourth-order valence-electron chi connectivity index (χ4n) is 2.11. The van der Waals surface area contributed by atoms with Crippen molar-refractivity contribution in [2.75, 3.05) is 32.7 Å². The summed E-state index contributed by atoms with van der Waals surface area (Å²) >= 11 is 0. The number of nitrogens with one attached hydrogen (secondary N) is 1. The van der Waals surface area contributed by atoms with Crippen LogP contribution in [-0.2, 0) is 0 Å². The lowest BCUT2D eigenvalue weighted by Crippen LogP contribution is -2.32. The molecule has 0 saturated carbocycles. The Kier molecular flexibility index (Phi) is 7.58. The molecular formula is C13H26N2. The molecule has 1 rings (SSSR count). The van der Waals surface area contributed by atoms with E-state index in [1.807, 2.05) is 6.08 Å². The molecule has 1 N–H and O–H groups in total. The van der Waals surface area contributed by atoms with Crippen LogP contribution in [0.4, 0.5) is 0 Å². The predicted molar refractivity (Wildman–Crippen MR) is 67.2 cm³/mol. The van der Waals surface area contributed by atoms with E-state index in [9.17, 15) is 0 Å². The van der Waals surface area contributed by atoms with Crippen molar-refractivity contribution < 1.29 is 0 Å². The average molecular weight is 210 g/mol. The number of piperidine rings is 1. The van der Waals surface area contributed by atoms with Gasteiger partial charge in [0.1, 0.15) is 0 Å². The first kappa shape index (κ1) is 12.7. The van der Waals surface area contributed by atoms with Gasteiger partial charge in [-0.05, 0) is 64.8 Å². The molecule has 88 valence electrons. The van der Waals surface area contributed by atoms with Crippen LogP contribution >= 0.6 is 0 Å². The van der Waals surface area contributed by atoms with E-state index >= 15 is 0 Å². The van der Waals surface area contributed by atoms with Gasteiger partial charge in [-0.15, -0.1) is 6.58 Å². The Hall–Kier alpha value is -0.340. The molecule has 15 heavy (non-hydrogen) atoms. The maximum Gasteiger partial charge on any atom is -0.000664 e. The van der Waals surface area contributed by atoms with E-state index in [-0.39, 0.29) is 0 Å². The number of nitrogens with zero attached hydrogens (tertiary/aromatic N) is 1. The molecule has 1 aliphatic rings. The van der Waals surface area contributed by atoms with E-state index < -0.39 is 0 Å². The lowest BCUT2D eigenvalue weighted by atomic mass is 10.1. The summed E-state index contributed by atoms with van der Waals surface area (Å²) in [7, 11) is 0. The third kappa shape index (κ3) is 6.69. The molecule has 0 aliphatic carbocycles. The van der Waals surface area contributed by atoms with Gasteiger partial charge in [-0.3, -0.25) is 0 Å². The summed E-state index contributed by atoms with van der Waals surface area (Å²) in [5, 5.41) is 3.49. The van der Waals surface area contributed by atoms with Crippen LogP contribution in [0.1, 0.15) is 38.5 Å². The van der Waals surface area contributed by atoms with E-state index in [1.165, 1.54) is 58.3 Å². The molecule has 1 heterocycles. The highest BCUT2D eigenvalue weighted by Crippen LogP contribution is 2.08. The minimum atomic E-state index is 1.14.